The van der Waals surface area contributed by atoms with E-state index in [4.69, 9.17) is 27.7 Å². The first kappa shape index (κ1) is 12.5. The topological polar surface area (TPSA) is 43.9 Å². The molecule has 0 radical (unpaired) electrons. The Labute approximate surface area is 119 Å². The predicted molar refractivity (Wildman–Crippen MR) is 74.8 cm³/mol. The van der Waals surface area contributed by atoms with E-state index in [0.717, 1.165) is 22.6 Å². The lowest BCUT2D eigenvalue weighted by Gasteiger charge is -2.07. The third-order valence-corrected chi connectivity index (χ3v) is 3.42. The Bertz CT molecular complexity index is 691. The molecule has 98 valence electrons. The molecule has 0 bridgehead atoms. The molecule has 1 aromatic carbocycles. The minimum Gasteiger partial charge on any atom is -0.364 e. The van der Waals surface area contributed by atoms with E-state index in [2.05, 4.69) is 10.1 Å². The summed E-state index contributed by atoms with van der Waals surface area (Å²) in [4.78, 5) is 4.58. The molecule has 0 saturated heterocycles. The first-order valence-corrected chi connectivity index (χ1v) is 6.79. The van der Waals surface area contributed by atoms with Crippen LogP contribution in [0.25, 0.3) is 11.0 Å². The van der Waals surface area contributed by atoms with Gasteiger partial charge in [0.1, 0.15) is 17.8 Å². The van der Waals surface area contributed by atoms with E-state index >= 15 is 0 Å². The quantitative estimate of drug-likeness (QED) is 0.692. The zero-order valence-electron chi connectivity index (χ0n) is 10.0. The van der Waals surface area contributed by atoms with Crippen LogP contribution in [0, 0.1) is 0 Å². The van der Waals surface area contributed by atoms with Crippen LogP contribution in [0.3, 0.4) is 0 Å². The molecule has 0 atom stereocenters. The van der Waals surface area contributed by atoms with Crippen LogP contribution in [-0.4, -0.2) is 20.6 Å². The third-order valence-electron chi connectivity index (χ3n) is 2.93. The second kappa shape index (κ2) is 5.23. The Morgan fingerprint density at radius 1 is 1.26 bits per heavy atom. The van der Waals surface area contributed by atoms with Gasteiger partial charge in [0, 0.05) is 18.4 Å². The van der Waals surface area contributed by atoms with Crippen molar-refractivity contribution in [3.8, 4) is 0 Å². The molecule has 6 heteroatoms. The molecule has 0 fully saturated rings. The smallest absolute Gasteiger partial charge is 0.124 e. The van der Waals surface area contributed by atoms with E-state index in [1.54, 1.807) is 6.26 Å². The number of aryl methyl sites for hydroxylation is 1. The summed E-state index contributed by atoms with van der Waals surface area (Å²) in [7, 11) is 0. The molecule has 0 unspecified atom stereocenters. The summed E-state index contributed by atoms with van der Waals surface area (Å²) in [6, 6.07) is 7.52. The molecule has 0 N–H and O–H groups in total. The Balaban J connectivity index is 2.15. The van der Waals surface area contributed by atoms with Crippen LogP contribution in [0.15, 0.2) is 35.1 Å². The fourth-order valence-corrected chi connectivity index (χ4v) is 2.56. The third kappa shape index (κ3) is 2.33. The summed E-state index contributed by atoms with van der Waals surface area (Å²) in [5, 5.41) is 4.60. The van der Waals surface area contributed by atoms with Crippen molar-refractivity contribution in [2.75, 3.05) is 5.88 Å². The highest BCUT2D eigenvalue weighted by Crippen LogP contribution is 2.25. The summed E-state index contributed by atoms with van der Waals surface area (Å²) in [5.74, 6) is 1.42. The zero-order valence-corrected chi connectivity index (χ0v) is 11.5. The zero-order chi connectivity index (χ0) is 13.2. The van der Waals surface area contributed by atoms with Gasteiger partial charge in [-0.25, -0.2) is 4.98 Å². The predicted octanol–water partition coefficient (Wildman–Crippen LogP) is 3.51. The highest BCUT2D eigenvalue weighted by molar-refractivity contribution is 6.35. The molecule has 0 aliphatic carbocycles. The summed E-state index contributed by atoms with van der Waals surface area (Å²) in [6.45, 7) is 0.572. The highest BCUT2D eigenvalue weighted by Gasteiger charge is 2.14. The standard InChI is InChI=1S/C13H11Cl2N3O/c14-6-4-12-16-11-3-1-2-10(15)13(11)18(12)8-9-5-7-19-17-9/h1-3,5,7H,4,6,8H2. The second-order valence-electron chi connectivity index (χ2n) is 4.15. The number of hydrogen-bond donors (Lipinski definition) is 0. The average Bonchev–Trinajstić information content (AvgIpc) is 3.00. The van der Waals surface area contributed by atoms with Crippen LogP contribution in [0.5, 0.6) is 0 Å². The van der Waals surface area contributed by atoms with Gasteiger partial charge < -0.3 is 9.09 Å². The van der Waals surface area contributed by atoms with Crippen LogP contribution >= 0.6 is 23.2 Å². The van der Waals surface area contributed by atoms with Gasteiger partial charge in [0.15, 0.2) is 0 Å². The minimum absolute atomic E-state index is 0.514. The van der Waals surface area contributed by atoms with E-state index in [0.29, 0.717) is 23.9 Å². The Morgan fingerprint density at radius 2 is 2.16 bits per heavy atom. The number of nitrogens with zero attached hydrogens (tertiary/aromatic N) is 3. The van der Waals surface area contributed by atoms with Crippen LogP contribution in [0.2, 0.25) is 5.02 Å². The molecule has 0 amide bonds. The fourth-order valence-electron chi connectivity index (χ4n) is 2.12. The number of alkyl halides is 1. The van der Waals surface area contributed by atoms with Gasteiger partial charge in [-0.1, -0.05) is 22.8 Å². The van der Waals surface area contributed by atoms with Crippen molar-refractivity contribution in [2.24, 2.45) is 0 Å². The van der Waals surface area contributed by atoms with E-state index in [1.165, 1.54) is 0 Å². The lowest BCUT2D eigenvalue weighted by Crippen LogP contribution is -2.06. The van der Waals surface area contributed by atoms with Crippen molar-refractivity contribution in [2.45, 2.75) is 13.0 Å². The maximum absolute atomic E-state index is 6.28. The number of fused-ring (bicyclic) bond motifs is 1. The summed E-state index contributed by atoms with van der Waals surface area (Å²) in [5.41, 5.74) is 2.61. The summed E-state index contributed by atoms with van der Waals surface area (Å²) in [6.07, 6.45) is 2.24. The van der Waals surface area contributed by atoms with Gasteiger partial charge in [0.05, 0.1) is 22.6 Å². The minimum atomic E-state index is 0.514. The normalized spacial score (nSPS) is 11.3. The van der Waals surface area contributed by atoms with Crippen LogP contribution in [0.1, 0.15) is 11.5 Å². The first-order chi connectivity index (χ1) is 9.29. The van der Waals surface area contributed by atoms with Crippen molar-refractivity contribution in [3.63, 3.8) is 0 Å². The molecular formula is C13H11Cl2N3O. The molecule has 4 nitrogen and oxygen atoms in total. The monoisotopic (exact) mass is 295 g/mol. The molecule has 3 rings (SSSR count). The molecule has 19 heavy (non-hydrogen) atoms. The Kier molecular flexibility index (Phi) is 3.44. The maximum Gasteiger partial charge on any atom is 0.124 e. The van der Waals surface area contributed by atoms with Gasteiger partial charge in [-0.15, -0.1) is 11.6 Å². The lowest BCUT2D eigenvalue weighted by atomic mass is 10.3. The Morgan fingerprint density at radius 3 is 2.89 bits per heavy atom. The number of hydrogen-bond acceptors (Lipinski definition) is 3. The van der Waals surface area contributed by atoms with E-state index in [1.807, 2.05) is 28.8 Å². The number of benzene rings is 1. The molecule has 2 aromatic heterocycles. The first-order valence-electron chi connectivity index (χ1n) is 5.88. The molecule has 0 spiro atoms. The fraction of sp³-hybridized carbons (Fsp3) is 0.231. The number of imidazole rings is 1. The maximum atomic E-state index is 6.28. The molecular weight excluding hydrogens is 285 g/mol. The molecule has 3 aromatic rings. The largest absolute Gasteiger partial charge is 0.364 e. The van der Waals surface area contributed by atoms with Crippen molar-refractivity contribution in [3.05, 3.63) is 47.1 Å². The van der Waals surface area contributed by atoms with Crippen LogP contribution in [-0.2, 0) is 13.0 Å². The van der Waals surface area contributed by atoms with E-state index < -0.39 is 0 Å². The van der Waals surface area contributed by atoms with Crippen molar-refractivity contribution < 1.29 is 4.52 Å². The number of aromatic nitrogens is 3. The SMILES string of the molecule is ClCCc1nc2cccc(Cl)c2n1Cc1ccon1. The van der Waals surface area contributed by atoms with Gasteiger partial charge in [0.25, 0.3) is 0 Å². The lowest BCUT2D eigenvalue weighted by molar-refractivity contribution is 0.409. The summed E-state index contributed by atoms with van der Waals surface area (Å²) >= 11 is 12.1. The van der Waals surface area contributed by atoms with E-state index in [-0.39, 0.29) is 0 Å². The molecule has 0 aliphatic heterocycles. The number of para-hydroxylation sites is 1. The van der Waals surface area contributed by atoms with Crippen molar-refractivity contribution in [1.29, 1.82) is 0 Å². The average molecular weight is 296 g/mol. The Hall–Kier alpha value is -1.52. The van der Waals surface area contributed by atoms with E-state index in [9.17, 15) is 0 Å². The summed E-state index contributed by atoms with van der Waals surface area (Å²) < 4.78 is 6.90. The second-order valence-corrected chi connectivity index (χ2v) is 4.94. The van der Waals surface area contributed by atoms with Gasteiger partial charge >= 0.3 is 0 Å². The van der Waals surface area contributed by atoms with Crippen molar-refractivity contribution >= 4 is 34.2 Å². The molecule has 0 aliphatic rings. The highest BCUT2D eigenvalue weighted by atomic mass is 35.5. The van der Waals surface area contributed by atoms with Gasteiger partial charge in [-0.2, -0.15) is 0 Å². The van der Waals surface area contributed by atoms with Crippen LogP contribution < -0.4 is 0 Å². The van der Waals surface area contributed by atoms with Gasteiger partial charge in [-0.3, -0.25) is 0 Å². The van der Waals surface area contributed by atoms with Crippen LogP contribution in [0.4, 0.5) is 0 Å². The number of halogens is 2. The van der Waals surface area contributed by atoms with Gasteiger partial charge in [0.2, 0.25) is 0 Å². The van der Waals surface area contributed by atoms with Gasteiger partial charge in [-0.05, 0) is 12.1 Å². The van der Waals surface area contributed by atoms with Crippen molar-refractivity contribution in [1.82, 2.24) is 14.7 Å². The number of rotatable bonds is 4. The molecule has 2 heterocycles. The molecule has 0 saturated carbocycles.